The van der Waals surface area contributed by atoms with Crippen LogP contribution in [0.15, 0.2) is 85.0 Å². The van der Waals surface area contributed by atoms with Gasteiger partial charge in [-0.1, -0.05) is 53.8 Å². The SMILES string of the molecule is NC(=O)CC[C@H](NC(=O)/C=C/C=C/c1ccc(N[NH+](O)c2ccc(/C=C/C=C/C(=O)N[C@@H](CCC(N)=O)C(=O)O)cc2)cc1)C(=O)O. The highest BCUT2D eigenvalue weighted by molar-refractivity contribution is 5.92. The Morgan fingerprint density at radius 3 is 1.45 bits per heavy atom. The van der Waals surface area contributed by atoms with Crippen molar-refractivity contribution in [1.82, 2.24) is 10.6 Å². The third-order valence-electron chi connectivity index (χ3n) is 6.24. The Kier molecular flexibility index (Phi) is 15.3. The average Bonchev–Trinajstić information content (AvgIpc) is 3.02. The molecule has 0 fully saturated rings. The molecule has 248 valence electrons. The van der Waals surface area contributed by atoms with Crippen molar-refractivity contribution in [1.29, 1.82) is 0 Å². The summed E-state index contributed by atoms with van der Waals surface area (Å²) in [6, 6.07) is 11.4. The molecule has 47 heavy (non-hydrogen) atoms. The lowest BCUT2D eigenvalue weighted by molar-refractivity contribution is -1.02. The molecule has 0 radical (unpaired) electrons. The highest BCUT2D eigenvalue weighted by atomic mass is 16.5. The molecule has 0 aliphatic carbocycles. The van der Waals surface area contributed by atoms with E-state index < -0.39 is 47.7 Å². The number of aliphatic carboxylic acids is 2. The number of hydrogen-bond acceptors (Lipinski definition) is 8. The van der Waals surface area contributed by atoms with E-state index in [1.807, 2.05) is 0 Å². The van der Waals surface area contributed by atoms with Crippen molar-refractivity contribution < 1.29 is 49.4 Å². The van der Waals surface area contributed by atoms with Crippen LogP contribution in [-0.4, -0.2) is 63.1 Å². The van der Waals surface area contributed by atoms with Gasteiger partial charge in [0.1, 0.15) is 12.1 Å². The van der Waals surface area contributed by atoms with Gasteiger partial charge in [0.05, 0.1) is 5.69 Å². The zero-order chi connectivity index (χ0) is 34.8. The molecule has 0 aliphatic rings. The predicted molar refractivity (Wildman–Crippen MR) is 171 cm³/mol. The van der Waals surface area contributed by atoms with Crippen molar-refractivity contribution in [2.45, 2.75) is 37.8 Å². The zero-order valence-corrected chi connectivity index (χ0v) is 25.2. The van der Waals surface area contributed by atoms with E-state index in [9.17, 15) is 34.0 Å². The Morgan fingerprint density at radius 2 is 1.06 bits per heavy atom. The molecule has 3 atom stereocenters. The summed E-state index contributed by atoms with van der Waals surface area (Å²) in [4.78, 5) is 68.1. The number of nitrogens with one attached hydrogen (secondary N) is 4. The number of quaternary nitrogens is 1. The Labute approximate surface area is 269 Å². The number of carbonyl (C=O) groups excluding carboxylic acids is 4. The minimum absolute atomic E-state index is 0.0888. The van der Waals surface area contributed by atoms with E-state index in [1.165, 1.54) is 12.2 Å². The van der Waals surface area contributed by atoms with E-state index in [-0.39, 0.29) is 30.9 Å². The van der Waals surface area contributed by atoms with Gasteiger partial charge in [0, 0.05) is 37.1 Å². The zero-order valence-electron chi connectivity index (χ0n) is 25.2. The number of benzene rings is 2. The first kappa shape index (κ1) is 37.1. The molecular formula is C32H37N6O9+. The molecule has 15 nitrogen and oxygen atoms in total. The molecular weight excluding hydrogens is 612 g/mol. The molecule has 2 aromatic carbocycles. The van der Waals surface area contributed by atoms with Crippen molar-refractivity contribution in [2.75, 3.05) is 5.43 Å². The molecule has 2 aromatic rings. The first-order valence-corrected chi connectivity index (χ1v) is 14.2. The van der Waals surface area contributed by atoms with Gasteiger partial charge in [0.15, 0.2) is 5.69 Å². The minimum atomic E-state index is -1.27. The number of nitrogens with two attached hydrogens (primary N) is 2. The minimum Gasteiger partial charge on any atom is -0.480 e. The second kappa shape index (κ2) is 19.4. The third kappa shape index (κ3) is 15.0. The molecule has 0 saturated carbocycles. The molecule has 0 heterocycles. The van der Waals surface area contributed by atoms with Gasteiger partial charge < -0.3 is 32.3 Å². The number of carbonyl (C=O) groups is 6. The van der Waals surface area contributed by atoms with E-state index in [0.29, 0.717) is 11.4 Å². The summed E-state index contributed by atoms with van der Waals surface area (Å²) in [7, 11) is 0. The summed E-state index contributed by atoms with van der Waals surface area (Å²) in [5, 5.41) is 33.3. The van der Waals surface area contributed by atoms with E-state index in [2.05, 4.69) is 16.1 Å². The predicted octanol–water partition coefficient (Wildman–Crippen LogP) is 0.428. The fourth-order valence-electron chi connectivity index (χ4n) is 3.79. The van der Waals surface area contributed by atoms with Crippen LogP contribution in [0.5, 0.6) is 0 Å². The highest BCUT2D eigenvalue weighted by Gasteiger charge is 2.20. The lowest BCUT2D eigenvalue weighted by atomic mass is 10.1. The summed E-state index contributed by atoms with van der Waals surface area (Å²) in [5.41, 5.74) is 15.6. The fraction of sp³-hybridized carbons (Fsp3) is 0.188. The van der Waals surface area contributed by atoms with Gasteiger partial charge in [-0.05, 0) is 48.2 Å². The van der Waals surface area contributed by atoms with Crippen LogP contribution in [0.4, 0.5) is 11.4 Å². The number of hydrogen-bond donors (Lipinski definition) is 9. The number of anilines is 1. The van der Waals surface area contributed by atoms with Crippen LogP contribution < -0.4 is 32.7 Å². The second-order valence-electron chi connectivity index (χ2n) is 9.96. The van der Waals surface area contributed by atoms with Crippen molar-refractivity contribution in [3.05, 3.63) is 96.1 Å². The van der Waals surface area contributed by atoms with E-state index >= 15 is 0 Å². The van der Waals surface area contributed by atoms with Crippen molar-refractivity contribution in [3.63, 3.8) is 0 Å². The van der Waals surface area contributed by atoms with E-state index in [4.69, 9.17) is 21.7 Å². The van der Waals surface area contributed by atoms with Crippen molar-refractivity contribution in [2.24, 2.45) is 11.5 Å². The molecule has 0 saturated heterocycles. The first-order chi connectivity index (χ1) is 22.3. The van der Waals surface area contributed by atoms with Gasteiger partial charge in [0.2, 0.25) is 23.6 Å². The number of amides is 4. The molecule has 1 unspecified atom stereocenters. The molecule has 0 bridgehead atoms. The summed E-state index contributed by atoms with van der Waals surface area (Å²) in [6.45, 7) is 0. The molecule has 15 heteroatoms. The van der Waals surface area contributed by atoms with Crippen molar-refractivity contribution in [3.8, 4) is 0 Å². The number of allylic oxidation sites excluding steroid dienone is 4. The van der Waals surface area contributed by atoms with Crippen LogP contribution in [0.1, 0.15) is 36.8 Å². The maximum Gasteiger partial charge on any atom is 0.326 e. The molecule has 4 amide bonds. The highest BCUT2D eigenvalue weighted by Crippen LogP contribution is 2.11. The van der Waals surface area contributed by atoms with E-state index in [1.54, 1.807) is 72.8 Å². The molecule has 11 N–H and O–H groups in total. The lowest BCUT2D eigenvalue weighted by Gasteiger charge is -2.12. The quantitative estimate of drug-likeness (QED) is 0.0576. The standard InChI is InChI=1S/C32H36N6O9/c33-27(39)19-17-25(31(43)44)35-29(41)7-3-1-5-21-9-13-23(14-10-21)37-38(47)24-15-11-22(12-16-24)6-2-4-8-30(42)36-26(32(45)46)18-20-28(34)40/h1-16,25-26,37,47H,17-20H2,(H2,33,39)(H2,34,40)(H,35,41)(H,36,42)(H,43,44)(H,45,46)/p+1/b5-1+,6-2+,7-3+,8-4+/t25-,26-/m0/s1. The first-order valence-electron chi connectivity index (χ1n) is 14.2. The van der Waals surface area contributed by atoms with Crippen LogP contribution in [-0.2, 0) is 28.8 Å². The maximum absolute atomic E-state index is 12.0. The third-order valence-corrected chi connectivity index (χ3v) is 6.24. The number of carboxylic acid groups (broad SMARTS) is 2. The van der Waals surface area contributed by atoms with Gasteiger partial charge in [0.25, 0.3) is 0 Å². The number of rotatable bonds is 19. The van der Waals surface area contributed by atoms with Gasteiger partial charge in [-0.25, -0.2) is 15.0 Å². The molecule has 0 spiro atoms. The summed E-state index contributed by atoms with van der Waals surface area (Å²) >= 11 is 0. The summed E-state index contributed by atoms with van der Waals surface area (Å²) < 4.78 is 0. The summed E-state index contributed by atoms with van der Waals surface area (Å²) in [5.74, 6) is -5.13. The molecule has 0 aromatic heterocycles. The van der Waals surface area contributed by atoms with E-state index in [0.717, 1.165) is 23.3 Å². The van der Waals surface area contributed by atoms with Gasteiger partial charge >= 0.3 is 11.9 Å². The normalized spacial score (nSPS) is 13.4. The Balaban J connectivity index is 1.84. The summed E-state index contributed by atoms with van der Waals surface area (Å²) in [6.07, 6.45) is 11.2. The lowest BCUT2D eigenvalue weighted by Crippen LogP contribution is -3.08. The van der Waals surface area contributed by atoms with Gasteiger partial charge in [-0.3, -0.25) is 19.2 Å². The van der Waals surface area contributed by atoms with Crippen LogP contribution >= 0.6 is 0 Å². The van der Waals surface area contributed by atoms with Gasteiger partial charge in [-0.2, -0.15) is 5.21 Å². The Bertz CT molecular complexity index is 1530. The Hall–Kier alpha value is -6.06. The molecule has 2 rings (SSSR count). The van der Waals surface area contributed by atoms with Crippen LogP contribution in [0.3, 0.4) is 0 Å². The largest absolute Gasteiger partial charge is 0.480 e. The number of carboxylic acids is 2. The van der Waals surface area contributed by atoms with Crippen LogP contribution in [0.25, 0.3) is 12.2 Å². The Morgan fingerprint density at radius 1 is 0.660 bits per heavy atom. The van der Waals surface area contributed by atoms with Gasteiger partial charge in [-0.15, -0.1) is 0 Å². The van der Waals surface area contributed by atoms with Crippen LogP contribution in [0.2, 0.25) is 0 Å². The smallest absolute Gasteiger partial charge is 0.326 e. The van der Waals surface area contributed by atoms with Crippen LogP contribution in [0, 0.1) is 0 Å². The topological polar surface area (TPSA) is 256 Å². The second-order valence-corrected chi connectivity index (χ2v) is 9.96. The molecule has 0 aliphatic heterocycles. The monoisotopic (exact) mass is 649 g/mol. The maximum atomic E-state index is 12.0. The fourth-order valence-corrected chi connectivity index (χ4v) is 3.79. The average molecular weight is 650 g/mol. The van der Waals surface area contributed by atoms with Crippen molar-refractivity contribution >= 4 is 59.1 Å². The number of primary amides is 2.